The smallest absolute Gasteiger partial charge is 0.223 e. The van der Waals surface area contributed by atoms with Gasteiger partial charge in [-0.05, 0) is 24.5 Å². The van der Waals surface area contributed by atoms with E-state index < -0.39 is 0 Å². The van der Waals surface area contributed by atoms with Gasteiger partial charge >= 0.3 is 0 Å². The highest BCUT2D eigenvalue weighted by atomic mass is 16.2. The van der Waals surface area contributed by atoms with Gasteiger partial charge in [-0.15, -0.1) is 0 Å². The Morgan fingerprint density at radius 2 is 1.75 bits per heavy atom. The number of carbonyl (C=O) groups excluding carboxylic acids is 1. The Labute approximate surface area is 120 Å². The summed E-state index contributed by atoms with van der Waals surface area (Å²) in [6.45, 7) is 2.80. The van der Waals surface area contributed by atoms with Crippen LogP contribution in [0, 0.1) is 6.92 Å². The SMILES string of the molecule is Cc1ccc(C2CCC(=O)N2Cc2ccccc2)cc1. The quantitative estimate of drug-likeness (QED) is 0.825. The number of benzene rings is 2. The lowest BCUT2D eigenvalue weighted by Crippen LogP contribution is -2.27. The molecule has 0 aliphatic carbocycles. The van der Waals surface area contributed by atoms with Gasteiger partial charge in [0.1, 0.15) is 0 Å². The molecule has 1 atom stereocenters. The maximum absolute atomic E-state index is 12.2. The first-order valence-corrected chi connectivity index (χ1v) is 7.14. The molecule has 0 N–H and O–H groups in total. The third-order valence-electron chi connectivity index (χ3n) is 3.99. The molecule has 2 aromatic rings. The van der Waals surface area contributed by atoms with Crippen LogP contribution in [0.2, 0.25) is 0 Å². The molecule has 1 aliphatic rings. The lowest BCUT2D eigenvalue weighted by Gasteiger charge is -2.25. The maximum Gasteiger partial charge on any atom is 0.223 e. The number of rotatable bonds is 3. The van der Waals surface area contributed by atoms with Gasteiger partial charge < -0.3 is 4.90 Å². The van der Waals surface area contributed by atoms with Crippen molar-refractivity contribution in [2.75, 3.05) is 0 Å². The Balaban J connectivity index is 1.83. The lowest BCUT2D eigenvalue weighted by molar-refractivity contribution is -0.129. The lowest BCUT2D eigenvalue weighted by atomic mass is 10.0. The van der Waals surface area contributed by atoms with Crippen molar-refractivity contribution >= 4 is 5.91 Å². The molecule has 0 bridgehead atoms. The molecule has 0 spiro atoms. The van der Waals surface area contributed by atoms with Gasteiger partial charge in [0.2, 0.25) is 5.91 Å². The van der Waals surface area contributed by atoms with E-state index in [1.807, 2.05) is 23.1 Å². The van der Waals surface area contributed by atoms with Gasteiger partial charge in [0.05, 0.1) is 6.04 Å². The molecule has 1 unspecified atom stereocenters. The van der Waals surface area contributed by atoms with E-state index in [-0.39, 0.29) is 11.9 Å². The van der Waals surface area contributed by atoms with Crippen molar-refractivity contribution < 1.29 is 4.79 Å². The molecule has 20 heavy (non-hydrogen) atoms. The van der Waals surface area contributed by atoms with E-state index in [1.165, 1.54) is 16.7 Å². The summed E-state index contributed by atoms with van der Waals surface area (Å²) >= 11 is 0. The van der Waals surface area contributed by atoms with Gasteiger partial charge in [-0.2, -0.15) is 0 Å². The predicted octanol–water partition coefficient (Wildman–Crippen LogP) is 3.86. The van der Waals surface area contributed by atoms with E-state index in [0.29, 0.717) is 13.0 Å². The highest BCUT2D eigenvalue weighted by molar-refractivity contribution is 5.79. The van der Waals surface area contributed by atoms with Crippen LogP contribution in [0.15, 0.2) is 54.6 Å². The molecule has 1 fully saturated rings. The molecule has 3 rings (SSSR count). The summed E-state index contributed by atoms with van der Waals surface area (Å²) in [7, 11) is 0. The average molecular weight is 265 g/mol. The van der Waals surface area contributed by atoms with Crippen LogP contribution in [-0.2, 0) is 11.3 Å². The largest absolute Gasteiger partial charge is 0.331 e. The zero-order valence-corrected chi connectivity index (χ0v) is 11.8. The highest BCUT2D eigenvalue weighted by Gasteiger charge is 2.31. The summed E-state index contributed by atoms with van der Waals surface area (Å²) in [5.41, 5.74) is 3.70. The summed E-state index contributed by atoms with van der Waals surface area (Å²) in [5.74, 6) is 0.263. The molecule has 0 saturated carbocycles. The third kappa shape index (κ3) is 2.60. The van der Waals surface area contributed by atoms with Crippen LogP contribution in [0.4, 0.5) is 0 Å². The number of carbonyl (C=O) groups is 1. The topological polar surface area (TPSA) is 20.3 Å². The van der Waals surface area contributed by atoms with Crippen molar-refractivity contribution in [1.29, 1.82) is 0 Å². The van der Waals surface area contributed by atoms with Crippen LogP contribution in [0.5, 0.6) is 0 Å². The maximum atomic E-state index is 12.2. The molecule has 1 aliphatic heterocycles. The van der Waals surface area contributed by atoms with Crippen molar-refractivity contribution in [3.63, 3.8) is 0 Å². The molecule has 102 valence electrons. The minimum absolute atomic E-state index is 0.225. The van der Waals surface area contributed by atoms with Gasteiger partial charge in [-0.1, -0.05) is 60.2 Å². The molecular formula is C18H19NO. The van der Waals surface area contributed by atoms with Gasteiger partial charge in [0.25, 0.3) is 0 Å². The fourth-order valence-electron chi connectivity index (χ4n) is 2.85. The predicted molar refractivity (Wildman–Crippen MR) is 80.1 cm³/mol. The monoisotopic (exact) mass is 265 g/mol. The average Bonchev–Trinajstić information content (AvgIpc) is 2.83. The van der Waals surface area contributed by atoms with Crippen molar-refractivity contribution in [3.8, 4) is 0 Å². The highest BCUT2D eigenvalue weighted by Crippen LogP contribution is 2.34. The van der Waals surface area contributed by atoms with E-state index in [2.05, 4.69) is 43.3 Å². The number of nitrogens with zero attached hydrogens (tertiary/aromatic N) is 1. The number of hydrogen-bond donors (Lipinski definition) is 0. The van der Waals surface area contributed by atoms with Gasteiger partial charge in [0.15, 0.2) is 0 Å². The van der Waals surface area contributed by atoms with Crippen LogP contribution in [0.25, 0.3) is 0 Å². The standard InChI is InChI=1S/C18H19NO/c1-14-7-9-16(10-8-14)17-11-12-18(20)19(17)13-15-5-3-2-4-6-15/h2-10,17H,11-13H2,1H3. The number of likely N-dealkylation sites (tertiary alicyclic amines) is 1. The van der Waals surface area contributed by atoms with Crippen LogP contribution in [0.1, 0.15) is 35.6 Å². The Morgan fingerprint density at radius 1 is 1.05 bits per heavy atom. The second-order valence-corrected chi connectivity index (χ2v) is 5.47. The zero-order chi connectivity index (χ0) is 13.9. The van der Waals surface area contributed by atoms with E-state index in [9.17, 15) is 4.79 Å². The normalized spacial score (nSPS) is 18.6. The van der Waals surface area contributed by atoms with Crippen LogP contribution in [-0.4, -0.2) is 10.8 Å². The first kappa shape index (κ1) is 12.9. The Hall–Kier alpha value is -2.09. The van der Waals surface area contributed by atoms with Gasteiger partial charge in [-0.25, -0.2) is 0 Å². The van der Waals surface area contributed by atoms with Gasteiger partial charge in [-0.3, -0.25) is 4.79 Å². The molecule has 2 aromatic carbocycles. The summed E-state index contributed by atoms with van der Waals surface area (Å²) in [4.78, 5) is 14.2. The minimum atomic E-state index is 0.225. The Kier molecular flexibility index (Phi) is 3.55. The fourth-order valence-corrected chi connectivity index (χ4v) is 2.85. The molecule has 0 aromatic heterocycles. The van der Waals surface area contributed by atoms with Crippen molar-refractivity contribution in [2.24, 2.45) is 0 Å². The fraction of sp³-hybridized carbons (Fsp3) is 0.278. The second kappa shape index (κ2) is 5.49. The molecular weight excluding hydrogens is 246 g/mol. The van der Waals surface area contributed by atoms with Crippen LogP contribution >= 0.6 is 0 Å². The minimum Gasteiger partial charge on any atom is -0.331 e. The van der Waals surface area contributed by atoms with Crippen molar-refractivity contribution in [3.05, 3.63) is 71.3 Å². The summed E-state index contributed by atoms with van der Waals surface area (Å²) < 4.78 is 0. The molecule has 2 heteroatoms. The molecule has 0 radical (unpaired) electrons. The van der Waals surface area contributed by atoms with Crippen LogP contribution < -0.4 is 0 Å². The summed E-state index contributed by atoms with van der Waals surface area (Å²) in [6, 6.07) is 19.0. The van der Waals surface area contributed by atoms with E-state index >= 15 is 0 Å². The summed E-state index contributed by atoms with van der Waals surface area (Å²) in [5, 5.41) is 0. The van der Waals surface area contributed by atoms with E-state index in [4.69, 9.17) is 0 Å². The van der Waals surface area contributed by atoms with E-state index in [0.717, 1.165) is 6.42 Å². The number of hydrogen-bond acceptors (Lipinski definition) is 1. The van der Waals surface area contributed by atoms with Crippen molar-refractivity contribution in [2.45, 2.75) is 32.4 Å². The second-order valence-electron chi connectivity index (χ2n) is 5.47. The molecule has 1 amide bonds. The number of aryl methyl sites for hydroxylation is 1. The Morgan fingerprint density at radius 3 is 2.45 bits per heavy atom. The zero-order valence-electron chi connectivity index (χ0n) is 11.8. The summed E-state index contributed by atoms with van der Waals surface area (Å²) in [6.07, 6.45) is 1.58. The first-order valence-electron chi connectivity index (χ1n) is 7.14. The number of amides is 1. The van der Waals surface area contributed by atoms with Crippen LogP contribution in [0.3, 0.4) is 0 Å². The third-order valence-corrected chi connectivity index (χ3v) is 3.99. The van der Waals surface area contributed by atoms with Crippen molar-refractivity contribution in [1.82, 2.24) is 4.90 Å². The van der Waals surface area contributed by atoms with Gasteiger partial charge in [0, 0.05) is 13.0 Å². The molecule has 1 saturated heterocycles. The molecule has 1 heterocycles. The Bertz CT molecular complexity index is 589. The first-order chi connectivity index (χ1) is 9.74. The van der Waals surface area contributed by atoms with E-state index in [1.54, 1.807) is 0 Å². The molecule has 2 nitrogen and oxygen atoms in total.